The van der Waals surface area contributed by atoms with Gasteiger partial charge in [0.05, 0.1) is 11.7 Å². The number of carbonyl (C=O) groups is 1. The van der Waals surface area contributed by atoms with E-state index in [1.807, 2.05) is 24.3 Å². The summed E-state index contributed by atoms with van der Waals surface area (Å²) in [5.74, 6) is 0.167. The normalized spacial score (nSPS) is 22.2. The average molecular weight is 325 g/mol. The van der Waals surface area contributed by atoms with E-state index >= 15 is 0 Å². The number of nitrogens with one attached hydrogen (secondary N) is 1. The van der Waals surface area contributed by atoms with Crippen LogP contribution >= 0.6 is 11.8 Å². The summed E-state index contributed by atoms with van der Waals surface area (Å²) in [4.78, 5) is 13.4. The molecule has 0 aromatic heterocycles. The second kappa shape index (κ2) is 6.01. The number of sulfonamides is 1. The van der Waals surface area contributed by atoms with Gasteiger partial charge in [0.25, 0.3) is 0 Å². The van der Waals surface area contributed by atoms with Crippen molar-refractivity contribution in [3.63, 3.8) is 0 Å². The van der Waals surface area contributed by atoms with E-state index in [1.165, 1.54) is 0 Å². The monoisotopic (exact) mass is 325 g/mol. The molecule has 0 spiro atoms. The van der Waals surface area contributed by atoms with Crippen LogP contribution in [0.2, 0.25) is 0 Å². The van der Waals surface area contributed by atoms with Crippen molar-refractivity contribution in [1.82, 2.24) is 4.72 Å². The molecule has 1 aromatic carbocycles. The third-order valence-electron chi connectivity index (χ3n) is 4.20. The smallest absolute Gasteiger partial charge is 0.241 e. The van der Waals surface area contributed by atoms with E-state index in [0.717, 1.165) is 36.1 Å². The fourth-order valence-electron chi connectivity index (χ4n) is 3.13. The number of hydrogen-bond acceptors (Lipinski definition) is 4. The Morgan fingerprint density at radius 2 is 1.95 bits per heavy atom. The van der Waals surface area contributed by atoms with E-state index in [1.54, 1.807) is 11.8 Å². The third kappa shape index (κ3) is 3.43. The van der Waals surface area contributed by atoms with E-state index in [9.17, 15) is 13.2 Å². The van der Waals surface area contributed by atoms with Gasteiger partial charge in [-0.2, -0.15) is 0 Å². The Labute approximate surface area is 129 Å². The number of benzene rings is 1. The first-order valence-corrected chi connectivity index (χ1v) is 9.95. The van der Waals surface area contributed by atoms with Crippen molar-refractivity contribution in [2.24, 2.45) is 5.92 Å². The molecule has 6 heteroatoms. The van der Waals surface area contributed by atoms with Gasteiger partial charge < -0.3 is 0 Å². The second-order valence-corrected chi connectivity index (χ2v) is 8.63. The maximum absolute atomic E-state index is 12.3. The zero-order chi connectivity index (χ0) is 14.9. The largest absolute Gasteiger partial charge is 0.273 e. The van der Waals surface area contributed by atoms with Gasteiger partial charge in [-0.15, -0.1) is 11.8 Å². The van der Waals surface area contributed by atoms with Crippen LogP contribution in [0.5, 0.6) is 0 Å². The Morgan fingerprint density at radius 3 is 2.71 bits per heavy atom. The molecular formula is C15H19NO3S2. The molecule has 0 saturated heterocycles. The molecule has 0 bridgehead atoms. The highest BCUT2D eigenvalue weighted by atomic mass is 32.2. The van der Waals surface area contributed by atoms with Crippen molar-refractivity contribution >= 4 is 27.7 Å². The molecule has 1 atom stereocenters. The van der Waals surface area contributed by atoms with Crippen LogP contribution in [-0.2, 0) is 14.8 Å². The summed E-state index contributed by atoms with van der Waals surface area (Å²) in [5, 5.41) is 0. The highest BCUT2D eigenvalue weighted by Crippen LogP contribution is 2.39. The highest BCUT2D eigenvalue weighted by Gasteiger charge is 2.32. The van der Waals surface area contributed by atoms with Gasteiger partial charge >= 0.3 is 0 Å². The molecule has 1 unspecified atom stereocenters. The van der Waals surface area contributed by atoms with Crippen molar-refractivity contribution < 1.29 is 13.2 Å². The summed E-state index contributed by atoms with van der Waals surface area (Å²) >= 11 is 1.61. The van der Waals surface area contributed by atoms with Crippen LogP contribution in [0.15, 0.2) is 29.2 Å². The molecule has 0 radical (unpaired) electrons. The fourth-order valence-corrected chi connectivity index (χ4v) is 5.85. The lowest BCUT2D eigenvalue weighted by molar-refractivity contribution is -0.120. The summed E-state index contributed by atoms with van der Waals surface area (Å²) in [6.07, 6.45) is 4.11. The average Bonchev–Trinajstić information content (AvgIpc) is 3.06. The van der Waals surface area contributed by atoms with Gasteiger partial charge in [0.1, 0.15) is 0 Å². The second-order valence-electron chi connectivity index (χ2n) is 5.80. The third-order valence-corrected chi connectivity index (χ3v) is 6.81. The van der Waals surface area contributed by atoms with Crippen LogP contribution in [0.4, 0.5) is 0 Å². The number of thioether (sulfide) groups is 1. The van der Waals surface area contributed by atoms with Gasteiger partial charge in [0.15, 0.2) is 0 Å². The van der Waals surface area contributed by atoms with E-state index in [4.69, 9.17) is 0 Å². The molecule has 114 valence electrons. The number of fused-ring (bicyclic) bond motifs is 1. The van der Waals surface area contributed by atoms with Crippen LogP contribution in [0.3, 0.4) is 0 Å². The minimum absolute atomic E-state index is 0.0836. The Hall–Kier alpha value is -1.01. The van der Waals surface area contributed by atoms with Crippen LogP contribution in [0.25, 0.3) is 0 Å². The number of hydrogen-bond donors (Lipinski definition) is 1. The fraction of sp³-hybridized carbons (Fsp3) is 0.533. The molecule has 1 amide bonds. The molecule has 1 fully saturated rings. The molecule has 1 aromatic rings. The summed E-state index contributed by atoms with van der Waals surface area (Å²) in [5.41, 5.74) is 0.941. The maximum atomic E-state index is 12.3. The first-order chi connectivity index (χ1) is 10.1. The molecule has 21 heavy (non-hydrogen) atoms. The zero-order valence-corrected chi connectivity index (χ0v) is 13.4. The van der Waals surface area contributed by atoms with Crippen LogP contribution < -0.4 is 4.72 Å². The summed E-state index contributed by atoms with van der Waals surface area (Å²) in [6.45, 7) is 0. The predicted molar refractivity (Wildman–Crippen MR) is 83.8 cm³/mol. The van der Waals surface area contributed by atoms with Gasteiger partial charge in [0, 0.05) is 10.6 Å². The van der Waals surface area contributed by atoms with Gasteiger partial charge in [-0.3, -0.25) is 9.52 Å². The van der Waals surface area contributed by atoms with E-state index in [2.05, 4.69) is 4.72 Å². The first-order valence-electron chi connectivity index (χ1n) is 7.31. The van der Waals surface area contributed by atoms with Crippen molar-refractivity contribution in [1.29, 1.82) is 0 Å². The maximum Gasteiger partial charge on any atom is 0.241 e. The molecule has 1 aliphatic heterocycles. The number of amides is 1. The molecule has 1 saturated carbocycles. The van der Waals surface area contributed by atoms with E-state index in [-0.39, 0.29) is 23.5 Å². The Bertz CT molecular complexity index is 636. The van der Waals surface area contributed by atoms with Gasteiger partial charge in [-0.25, -0.2) is 8.42 Å². The molecule has 1 N–H and O–H groups in total. The van der Waals surface area contributed by atoms with Gasteiger partial charge in [-0.05, 0) is 30.4 Å². The number of rotatable bonds is 4. The zero-order valence-electron chi connectivity index (χ0n) is 11.7. The molecule has 3 rings (SSSR count). The molecular weight excluding hydrogens is 306 g/mol. The van der Waals surface area contributed by atoms with Crippen molar-refractivity contribution in [2.75, 3.05) is 11.5 Å². The van der Waals surface area contributed by atoms with Crippen LogP contribution in [0, 0.1) is 5.92 Å². The minimum atomic E-state index is -3.51. The molecule has 1 heterocycles. The van der Waals surface area contributed by atoms with Crippen LogP contribution in [-0.4, -0.2) is 25.8 Å². The van der Waals surface area contributed by atoms with E-state index < -0.39 is 10.0 Å². The van der Waals surface area contributed by atoms with Crippen molar-refractivity contribution in [3.8, 4) is 0 Å². The lowest BCUT2D eigenvalue weighted by Gasteiger charge is -2.14. The first kappa shape index (κ1) is 14.9. The molecule has 2 aliphatic rings. The predicted octanol–water partition coefficient (Wildman–Crippen LogP) is 2.51. The number of carbonyl (C=O) groups excluding carboxylic acids is 1. The van der Waals surface area contributed by atoms with Crippen LogP contribution in [0.1, 0.15) is 37.2 Å². The van der Waals surface area contributed by atoms with Gasteiger partial charge in [0.2, 0.25) is 15.9 Å². The summed E-state index contributed by atoms with van der Waals surface area (Å²) in [7, 11) is -3.51. The molecule has 4 nitrogen and oxygen atoms in total. The Balaban J connectivity index is 1.66. The van der Waals surface area contributed by atoms with Gasteiger partial charge in [-0.1, -0.05) is 31.0 Å². The Morgan fingerprint density at radius 1 is 1.24 bits per heavy atom. The molecule has 1 aliphatic carbocycles. The highest BCUT2D eigenvalue weighted by molar-refractivity contribution is 7.99. The SMILES string of the molecule is O=C(NS(=O)(=O)CC1CCCC1)C1CSc2ccccc21. The van der Waals surface area contributed by atoms with Crippen molar-refractivity contribution in [2.45, 2.75) is 36.5 Å². The van der Waals surface area contributed by atoms with E-state index in [0.29, 0.717) is 5.75 Å². The summed E-state index contributed by atoms with van der Waals surface area (Å²) < 4.78 is 26.5. The lowest BCUT2D eigenvalue weighted by Crippen LogP contribution is -2.37. The standard InChI is InChI=1S/C15H19NO3S2/c17-15(13-9-20-14-8-4-3-7-12(13)14)16-21(18,19)10-11-5-1-2-6-11/h3-4,7-8,11,13H,1-2,5-6,9-10H2,(H,16,17). The summed E-state index contributed by atoms with van der Waals surface area (Å²) in [6, 6.07) is 7.70. The van der Waals surface area contributed by atoms with Crippen molar-refractivity contribution in [3.05, 3.63) is 29.8 Å². The topological polar surface area (TPSA) is 63.2 Å². The minimum Gasteiger partial charge on any atom is -0.273 e. The lowest BCUT2D eigenvalue weighted by atomic mass is 10.0. The quantitative estimate of drug-likeness (QED) is 0.924. The Kier molecular flexibility index (Phi) is 4.26.